The van der Waals surface area contributed by atoms with Gasteiger partial charge in [-0.3, -0.25) is 4.79 Å². The molecule has 1 rings (SSSR count). The molecule has 0 aliphatic carbocycles. The number of pyridine rings is 1. The van der Waals surface area contributed by atoms with Crippen molar-refractivity contribution in [3.63, 3.8) is 0 Å². The van der Waals surface area contributed by atoms with Crippen LogP contribution >= 0.6 is 0 Å². The molecule has 0 radical (unpaired) electrons. The van der Waals surface area contributed by atoms with E-state index in [-0.39, 0.29) is 11.4 Å². The Morgan fingerprint density at radius 2 is 2.27 bits per heavy atom. The van der Waals surface area contributed by atoms with Crippen molar-refractivity contribution < 1.29 is 9.18 Å². The second-order valence-corrected chi connectivity index (χ2v) is 1.95. The minimum Gasteiger partial charge on any atom is -0.383 e. The number of carbonyl (C=O) groups excluding carboxylic acids is 1. The molecule has 0 saturated carbocycles. The Morgan fingerprint density at radius 3 is 2.73 bits per heavy atom. The van der Waals surface area contributed by atoms with E-state index < -0.39 is 11.7 Å². The van der Waals surface area contributed by atoms with Crippen LogP contribution < -0.4 is 11.5 Å². The van der Waals surface area contributed by atoms with Crippen LogP contribution in [0.4, 0.5) is 10.2 Å². The summed E-state index contributed by atoms with van der Waals surface area (Å²) in [6, 6.07) is 0.949. The zero-order chi connectivity index (χ0) is 8.43. The Bertz CT molecular complexity index is 300. The number of hydrogen-bond donors (Lipinski definition) is 2. The van der Waals surface area contributed by atoms with Crippen LogP contribution in [0.15, 0.2) is 12.3 Å². The van der Waals surface area contributed by atoms with Gasteiger partial charge in [-0.05, 0) is 6.07 Å². The molecular formula is C6H6FN3O. The largest absolute Gasteiger partial charge is 0.383 e. The van der Waals surface area contributed by atoms with Gasteiger partial charge in [-0.1, -0.05) is 0 Å². The van der Waals surface area contributed by atoms with Crippen LogP contribution in [0.25, 0.3) is 0 Å². The number of amides is 1. The van der Waals surface area contributed by atoms with Crippen LogP contribution in [0.5, 0.6) is 0 Å². The Morgan fingerprint density at radius 1 is 1.64 bits per heavy atom. The molecule has 4 nitrogen and oxygen atoms in total. The maximum absolute atomic E-state index is 12.4. The van der Waals surface area contributed by atoms with Gasteiger partial charge >= 0.3 is 0 Å². The quantitative estimate of drug-likeness (QED) is 0.594. The summed E-state index contributed by atoms with van der Waals surface area (Å²) in [5.41, 5.74) is 9.98. The predicted octanol–water partition coefficient (Wildman–Crippen LogP) is -0.0982. The average Bonchev–Trinajstić information content (AvgIpc) is 1.94. The summed E-state index contributed by atoms with van der Waals surface area (Å²) in [5, 5.41) is 0. The molecule has 58 valence electrons. The molecular weight excluding hydrogens is 149 g/mol. The minimum atomic E-state index is -0.783. The highest BCUT2D eigenvalue weighted by atomic mass is 19.1. The van der Waals surface area contributed by atoms with E-state index in [1.165, 1.54) is 0 Å². The lowest BCUT2D eigenvalue weighted by Gasteiger charge is -1.98. The van der Waals surface area contributed by atoms with Crippen LogP contribution in [0.3, 0.4) is 0 Å². The maximum Gasteiger partial charge on any atom is 0.252 e. The van der Waals surface area contributed by atoms with Crippen LogP contribution in [-0.2, 0) is 0 Å². The topological polar surface area (TPSA) is 82.0 Å². The zero-order valence-electron chi connectivity index (χ0n) is 5.54. The summed E-state index contributed by atoms with van der Waals surface area (Å²) in [6.45, 7) is 0. The van der Waals surface area contributed by atoms with Crippen molar-refractivity contribution in [1.82, 2.24) is 4.98 Å². The SMILES string of the molecule is NC(=O)c1cc(F)cnc1N. The van der Waals surface area contributed by atoms with Gasteiger partial charge in [-0.25, -0.2) is 9.37 Å². The standard InChI is InChI=1S/C6H6FN3O/c7-3-1-4(6(9)11)5(8)10-2-3/h1-2H,(H2,8,10)(H2,9,11). The smallest absolute Gasteiger partial charge is 0.252 e. The highest BCUT2D eigenvalue weighted by Gasteiger charge is 2.06. The van der Waals surface area contributed by atoms with Gasteiger partial charge in [0.2, 0.25) is 0 Å². The van der Waals surface area contributed by atoms with Crippen LogP contribution in [0.2, 0.25) is 0 Å². The molecule has 0 spiro atoms. The summed E-state index contributed by atoms with van der Waals surface area (Å²) in [7, 11) is 0. The molecule has 0 saturated heterocycles. The Hall–Kier alpha value is -1.65. The van der Waals surface area contributed by atoms with Gasteiger partial charge < -0.3 is 11.5 Å². The normalized spacial score (nSPS) is 9.55. The predicted molar refractivity (Wildman–Crippen MR) is 37.1 cm³/mol. The number of nitrogens with two attached hydrogens (primary N) is 2. The molecule has 0 aromatic carbocycles. The number of aromatic nitrogens is 1. The number of primary amides is 1. The summed E-state index contributed by atoms with van der Waals surface area (Å²) >= 11 is 0. The molecule has 5 heteroatoms. The summed E-state index contributed by atoms with van der Waals surface area (Å²) in [5.74, 6) is -1.47. The monoisotopic (exact) mass is 155 g/mol. The van der Waals surface area contributed by atoms with Gasteiger partial charge in [0.05, 0.1) is 11.8 Å². The highest BCUT2D eigenvalue weighted by molar-refractivity contribution is 5.96. The Labute approximate surface area is 62.0 Å². The first kappa shape index (κ1) is 7.46. The zero-order valence-corrected chi connectivity index (χ0v) is 5.54. The van der Waals surface area contributed by atoms with Gasteiger partial charge in [0.1, 0.15) is 11.6 Å². The van der Waals surface area contributed by atoms with Crippen molar-refractivity contribution in [3.8, 4) is 0 Å². The fourth-order valence-electron chi connectivity index (χ4n) is 0.647. The van der Waals surface area contributed by atoms with E-state index in [2.05, 4.69) is 4.98 Å². The molecule has 0 atom stereocenters. The fourth-order valence-corrected chi connectivity index (χ4v) is 0.647. The third kappa shape index (κ3) is 1.43. The summed E-state index contributed by atoms with van der Waals surface area (Å²) in [6.07, 6.45) is 0.918. The number of rotatable bonds is 1. The van der Waals surface area contributed by atoms with Gasteiger partial charge in [0.25, 0.3) is 5.91 Å². The van der Waals surface area contributed by atoms with E-state index in [1.54, 1.807) is 0 Å². The van der Waals surface area contributed by atoms with Crippen molar-refractivity contribution in [3.05, 3.63) is 23.6 Å². The number of halogens is 1. The Kier molecular flexibility index (Phi) is 1.72. The third-order valence-electron chi connectivity index (χ3n) is 1.15. The first-order valence-corrected chi connectivity index (χ1v) is 2.82. The fraction of sp³-hybridized carbons (Fsp3) is 0. The molecule has 0 aliphatic rings. The van der Waals surface area contributed by atoms with E-state index in [0.717, 1.165) is 12.3 Å². The van der Waals surface area contributed by atoms with Crippen molar-refractivity contribution in [2.75, 3.05) is 5.73 Å². The molecule has 0 unspecified atom stereocenters. The summed E-state index contributed by atoms with van der Waals surface area (Å²) < 4.78 is 12.4. The van der Waals surface area contributed by atoms with E-state index in [9.17, 15) is 9.18 Å². The molecule has 1 aromatic heterocycles. The number of anilines is 1. The van der Waals surface area contributed by atoms with Gasteiger partial charge in [-0.2, -0.15) is 0 Å². The van der Waals surface area contributed by atoms with E-state index in [4.69, 9.17) is 11.5 Å². The van der Waals surface area contributed by atoms with Crippen LogP contribution in [0.1, 0.15) is 10.4 Å². The van der Waals surface area contributed by atoms with Gasteiger partial charge in [0.15, 0.2) is 0 Å². The van der Waals surface area contributed by atoms with Crippen molar-refractivity contribution in [2.45, 2.75) is 0 Å². The average molecular weight is 155 g/mol. The van der Waals surface area contributed by atoms with Gasteiger partial charge in [0, 0.05) is 0 Å². The van der Waals surface area contributed by atoms with Gasteiger partial charge in [-0.15, -0.1) is 0 Å². The van der Waals surface area contributed by atoms with Crippen molar-refractivity contribution >= 4 is 11.7 Å². The highest BCUT2D eigenvalue weighted by Crippen LogP contribution is 2.07. The summed E-state index contributed by atoms with van der Waals surface area (Å²) in [4.78, 5) is 13.9. The first-order valence-electron chi connectivity index (χ1n) is 2.82. The van der Waals surface area contributed by atoms with Crippen LogP contribution in [0, 0.1) is 5.82 Å². The first-order chi connectivity index (χ1) is 5.11. The van der Waals surface area contributed by atoms with E-state index in [1.807, 2.05) is 0 Å². The number of nitrogens with zero attached hydrogens (tertiary/aromatic N) is 1. The lowest BCUT2D eigenvalue weighted by Crippen LogP contribution is -2.14. The Balaban J connectivity index is 3.23. The maximum atomic E-state index is 12.4. The molecule has 0 aliphatic heterocycles. The molecule has 1 aromatic rings. The number of hydrogen-bond acceptors (Lipinski definition) is 3. The molecule has 11 heavy (non-hydrogen) atoms. The van der Waals surface area contributed by atoms with E-state index >= 15 is 0 Å². The van der Waals surface area contributed by atoms with Crippen molar-refractivity contribution in [2.24, 2.45) is 5.73 Å². The number of carbonyl (C=O) groups is 1. The molecule has 1 amide bonds. The second kappa shape index (κ2) is 2.53. The van der Waals surface area contributed by atoms with Crippen molar-refractivity contribution in [1.29, 1.82) is 0 Å². The lowest BCUT2D eigenvalue weighted by atomic mass is 10.2. The molecule has 4 N–H and O–H groups in total. The second-order valence-electron chi connectivity index (χ2n) is 1.95. The minimum absolute atomic E-state index is 0.0566. The number of nitrogen functional groups attached to an aromatic ring is 1. The molecule has 1 heterocycles. The molecule has 0 bridgehead atoms. The third-order valence-corrected chi connectivity index (χ3v) is 1.15. The van der Waals surface area contributed by atoms with Crippen LogP contribution in [-0.4, -0.2) is 10.9 Å². The molecule has 0 fully saturated rings. The lowest BCUT2D eigenvalue weighted by molar-refractivity contribution is 0.100. The van der Waals surface area contributed by atoms with E-state index in [0.29, 0.717) is 0 Å².